The molecule has 3 nitrogen and oxygen atoms in total. The van der Waals surface area contributed by atoms with Crippen LogP contribution in [0.2, 0.25) is 5.02 Å². The van der Waals surface area contributed by atoms with Gasteiger partial charge in [-0.3, -0.25) is 0 Å². The molecule has 0 saturated heterocycles. The number of alkyl halides is 3. The highest BCUT2D eigenvalue weighted by Gasteiger charge is 2.31. The van der Waals surface area contributed by atoms with Gasteiger partial charge < -0.3 is 11.1 Å². The maximum absolute atomic E-state index is 12.4. The minimum absolute atomic E-state index is 0.0372. The third-order valence-electron chi connectivity index (χ3n) is 2.45. The molecule has 0 aliphatic rings. The van der Waals surface area contributed by atoms with Crippen molar-refractivity contribution in [2.75, 3.05) is 18.4 Å². The van der Waals surface area contributed by atoms with Gasteiger partial charge in [0, 0.05) is 12.7 Å². The van der Waals surface area contributed by atoms with Crippen LogP contribution in [-0.2, 0) is 6.18 Å². The van der Waals surface area contributed by atoms with Crippen molar-refractivity contribution in [3.63, 3.8) is 0 Å². The summed E-state index contributed by atoms with van der Waals surface area (Å²) in [5, 5.41) is 2.87. The molecule has 7 heteroatoms. The molecule has 0 aliphatic carbocycles. The summed E-state index contributed by atoms with van der Waals surface area (Å²) in [6.45, 7) is 3.12. The molecule has 0 saturated carbocycles. The van der Waals surface area contributed by atoms with Crippen LogP contribution in [0.4, 0.5) is 19.0 Å². The van der Waals surface area contributed by atoms with Crippen molar-refractivity contribution in [3.05, 3.63) is 22.8 Å². The number of nitrogens with two attached hydrogens (primary N) is 1. The normalized spacial score (nSPS) is 13.4. The van der Waals surface area contributed by atoms with E-state index in [1.54, 1.807) is 0 Å². The highest BCUT2D eigenvalue weighted by Crippen LogP contribution is 2.32. The first-order chi connectivity index (χ1) is 8.34. The zero-order chi connectivity index (χ0) is 13.8. The first kappa shape index (κ1) is 15.0. The topological polar surface area (TPSA) is 50.9 Å². The minimum Gasteiger partial charge on any atom is -0.369 e. The van der Waals surface area contributed by atoms with Gasteiger partial charge in [-0.25, -0.2) is 4.98 Å². The number of aromatic nitrogens is 1. The Labute approximate surface area is 109 Å². The lowest BCUT2D eigenvalue weighted by molar-refractivity contribution is -0.137. The third kappa shape index (κ3) is 4.34. The van der Waals surface area contributed by atoms with Crippen LogP contribution < -0.4 is 11.1 Å². The fourth-order valence-electron chi connectivity index (χ4n) is 1.38. The lowest BCUT2D eigenvalue weighted by Crippen LogP contribution is -2.16. The van der Waals surface area contributed by atoms with Gasteiger partial charge in [-0.2, -0.15) is 13.2 Å². The van der Waals surface area contributed by atoms with E-state index in [0.29, 0.717) is 19.0 Å². The Balaban J connectivity index is 2.69. The van der Waals surface area contributed by atoms with Gasteiger partial charge in [-0.05, 0) is 24.9 Å². The number of halogens is 4. The first-order valence-electron chi connectivity index (χ1n) is 5.51. The summed E-state index contributed by atoms with van der Waals surface area (Å²) < 4.78 is 37.1. The molecule has 102 valence electrons. The summed E-state index contributed by atoms with van der Waals surface area (Å²) in [7, 11) is 0. The van der Waals surface area contributed by atoms with E-state index in [2.05, 4.69) is 10.3 Å². The van der Waals surface area contributed by atoms with E-state index in [-0.39, 0.29) is 10.8 Å². The fraction of sp³-hybridized carbons (Fsp3) is 0.545. The smallest absolute Gasteiger partial charge is 0.369 e. The molecule has 1 aromatic rings. The molecule has 18 heavy (non-hydrogen) atoms. The molecule has 0 spiro atoms. The summed E-state index contributed by atoms with van der Waals surface area (Å²) >= 11 is 5.75. The van der Waals surface area contributed by atoms with Crippen LogP contribution in [0.25, 0.3) is 0 Å². The highest BCUT2D eigenvalue weighted by molar-refractivity contribution is 6.32. The Morgan fingerprint density at radius 2 is 2.17 bits per heavy atom. The second-order valence-corrected chi connectivity index (χ2v) is 4.52. The molecule has 1 rings (SSSR count). The first-order valence-corrected chi connectivity index (χ1v) is 5.89. The van der Waals surface area contributed by atoms with E-state index >= 15 is 0 Å². The van der Waals surface area contributed by atoms with E-state index < -0.39 is 11.7 Å². The number of pyridine rings is 1. The molecule has 3 N–H and O–H groups in total. The van der Waals surface area contributed by atoms with Gasteiger partial charge in [-0.15, -0.1) is 0 Å². The van der Waals surface area contributed by atoms with Gasteiger partial charge >= 0.3 is 6.18 Å². The van der Waals surface area contributed by atoms with Gasteiger partial charge in [0.05, 0.1) is 10.6 Å². The zero-order valence-corrected chi connectivity index (χ0v) is 10.6. The Kier molecular flexibility index (Phi) is 5.22. The van der Waals surface area contributed by atoms with Crippen LogP contribution in [0.3, 0.4) is 0 Å². The number of nitrogens with one attached hydrogen (secondary N) is 1. The zero-order valence-electron chi connectivity index (χ0n) is 9.89. The van der Waals surface area contributed by atoms with Gasteiger partial charge in [-0.1, -0.05) is 18.5 Å². The highest BCUT2D eigenvalue weighted by atomic mass is 35.5. The fourth-order valence-corrected chi connectivity index (χ4v) is 1.61. The Bertz CT molecular complexity index is 396. The average Bonchev–Trinajstić information content (AvgIpc) is 2.26. The predicted octanol–water partition coefficient (Wildman–Crippen LogP) is 3.15. The third-order valence-corrected chi connectivity index (χ3v) is 2.73. The van der Waals surface area contributed by atoms with Crippen molar-refractivity contribution >= 4 is 17.4 Å². The summed E-state index contributed by atoms with van der Waals surface area (Å²) in [6.07, 6.45) is -2.84. The summed E-state index contributed by atoms with van der Waals surface area (Å²) in [5.41, 5.74) is 4.55. The van der Waals surface area contributed by atoms with E-state index in [0.717, 1.165) is 18.7 Å². The number of hydrogen-bond acceptors (Lipinski definition) is 3. The van der Waals surface area contributed by atoms with Crippen molar-refractivity contribution in [1.82, 2.24) is 4.98 Å². The summed E-state index contributed by atoms with van der Waals surface area (Å²) in [6, 6.07) is 0.866. The molecule has 0 bridgehead atoms. The van der Waals surface area contributed by atoms with Crippen molar-refractivity contribution in [1.29, 1.82) is 0 Å². The van der Waals surface area contributed by atoms with E-state index in [4.69, 9.17) is 17.3 Å². The molecule has 0 amide bonds. The lowest BCUT2D eigenvalue weighted by atomic mass is 10.1. The van der Waals surface area contributed by atoms with Gasteiger partial charge in [0.2, 0.25) is 0 Å². The molecule has 1 unspecified atom stereocenters. The van der Waals surface area contributed by atoms with E-state index in [1.165, 1.54) is 0 Å². The molecule has 0 aromatic carbocycles. The lowest BCUT2D eigenvalue weighted by Gasteiger charge is -2.14. The molecular formula is C11H15ClF3N3. The SMILES string of the molecule is CC(CCN)CNc1ncc(C(F)(F)F)cc1Cl. The van der Waals surface area contributed by atoms with Crippen LogP contribution in [0.5, 0.6) is 0 Å². The Morgan fingerprint density at radius 1 is 1.50 bits per heavy atom. The van der Waals surface area contributed by atoms with Gasteiger partial charge in [0.1, 0.15) is 5.82 Å². The molecule has 1 aromatic heterocycles. The number of nitrogens with zero attached hydrogens (tertiary/aromatic N) is 1. The number of anilines is 1. The van der Waals surface area contributed by atoms with Gasteiger partial charge in [0.15, 0.2) is 0 Å². The molecule has 0 radical (unpaired) electrons. The molecule has 0 fully saturated rings. The largest absolute Gasteiger partial charge is 0.417 e. The monoisotopic (exact) mass is 281 g/mol. The maximum atomic E-state index is 12.4. The molecular weight excluding hydrogens is 267 g/mol. The second kappa shape index (κ2) is 6.24. The second-order valence-electron chi connectivity index (χ2n) is 4.12. The van der Waals surface area contributed by atoms with Crippen molar-refractivity contribution < 1.29 is 13.2 Å². The van der Waals surface area contributed by atoms with Crippen LogP contribution in [0.15, 0.2) is 12.3 Å². The molecule has 1 atom stereocenters. The Morgan fingerprint density at radius 3 is 2.67 bits per heavy atom. The van der Waals surface area contributed by atoms with Crippen LogP contribution in [0.1, 0.15) is 18.9 Å². The quantitative estimate of drug-likeness (QED) is 0.872. The van der Waals surface area contributed by atoms with Crippen LogP contribution in [0, 0.1) is 5.92 Å². The number of hydrogen-bond donors (Lipinski definition) is 2. The maximum Gasteiger partial charge on any atom is 0.417 e. The minimum atomic E-state index is -4.43. The van der Waals surface area contributed by atoms with Crippen molar-refractivity contribution in [2.45, 2.75) is 19.5 Å². The van der Waals surface area contributed by atoms with Crippen LogP contribution >= 0.6 is 11.6 Å². The molecule has 0 aliphatic heterocycles. The number of rotatable bonds is 5. The van der Waals surface area contributed by atoms with Crippen molar-refractivity contribution in [3.8, 4) is 0 Å². The van der Waals surface area contributed by atoms with Crippen molar-refractivity contribution in [2.24, 2.45) is 11.7 Å². The van der Waals surface area contributed by atoms with Crippen LogP contribution in [-0.4, -0.2) is 18.1 Å². The average molecular weight is 282 g/mol. The molecule has 1 heterocycles. The predicted molar refractivity (Wildman–Crippen MR) is 65.6 cm³/mol. The van der Waals surface area contributed by atoms with Gasteiger partial charge in [0.25, 0.3) is 0 Å². The summed E-state index contributed by atoms with van der Waals surface area (Å²) in [5.74, 6) is 0.559. The Hall–Kier alpha value is -1.01. The summed E-state index contributed by atoms with van der Waals surface area (Å²) in [4.78, 5) is 3.68. The standard InChI is InChI=1S/C11H15ClF3N3/c1-7(2-3-16)5-17-10-9(12)4-8(6-18-10)11(13,14)15/h4,6-7H,2-3,5,16H2,1H3,(H,17,18). The van der Waals surface area contributed by atoms with E-state index in [1.807, 2.05) is 6.92 Å². The van der Waals surface area contributed by atoms with E-state index in [9.17, 15) is 13.2 Å².